The van der Waals surface area contributed by atoms with Gasteiger partial charge < -0.3 is 5.73 Å². The molecule has 2 N–H and O–H groups in total. The van der Waals surface area contributed by atoms with E-state index >= 15 is 0 Å². The minimum atomic E-state index is 0.662. The Morgan fingerprint density at radius 2 is 2.11 bits per heavy atom. The summed E-state index contributed by atoms with van der Waals surface area (Å²) in [4.78, 5) is 8.79. The first-order valence-corrected chi connectivity index (χ1v) is 6.58. The van der Waals surface area contributed by atoms with E-state index in [1.807, 2.05) is 12.1 Å². The first kappa shape index (κ1) is 11.7. The lowest BCUT2D eigenvalue weighted by molar-refractivity contribution is 1.23. The molecule has 2 heterocycles. The molecule has 0 radical (unpaired) electrons. The summed E-state index contributed by atoms with van der Waals surface area (Å²) in [7, 11) is 0. The average molecular weight is 323 g/mol. The number of hydrogen-bond donors (Lipinski definition) is 1. The number of nitrogens with two attached hydrogens (primary N) is 1. The first-order chi connectivity index (χ1) is 8.63. The number of aliphatic imine (C=N–C) groups is 1. The molecule has 0 saturated heterocycles. The van der Waals surface area contributed by atoms with E-state index in [2.05, 4.69) is 25.9 Å². The number of nitrogens with zero attached hydrogens (tertiary/aromatic N) is 2. The molecule has 0 amide bonds. The van der Waals surface area contributed by atoms with Crippen LogP contribution in [0.3, 0.4) is 0 Å². The zero-order valence-electron chi connectivity index (χ0n) is 9.32. The third-order valence-electron chi connectivity index (χ3n) is 2.81. The van der Waals surface area contributed by atoms with Crippen molar-refractivity contribution in [2.45, 2.75) is 6.42 Å². The summed E-state index contributed by atoms with van der Waals surface area (Å²) in [5, 5.41) is 0.662. The SMILES string of the molecule is Nc1ccc(Cl)c(C2=Nc3ncc(Br)cc3C2)c1. The summed E-state index contributed by atoms with van der Waals surface area (Å²) in [5.74, 6) is 0.756. The summed E-state index contributed by atoms with van der Waals surface area (Å²) >= 11 is 9.59. The van der Waals surface area contributed by atoms with Gasteiger partial charge >= 0.3 is 0 Å². The van der Waals surface area contributed by atoms with Crippen LogP contribution in [0.1, 0.15) is 11.1 Å². The maximum Gasteiger partial charge on any atom is 0.155 e. The molecular formula is C13H9BrClN3. The molecule has 90 valence electrons. The largest absolute Gasteiger partial charge is 0.399 e. The van der Waals surface area contributed by atoms with Crippen LogP contribution in [-0.4, -0.2) is 10.7 Å². The fraction of sp³-hybridized carbons (Fsp3) is 0.0769. The predicted molar refractivity (Wildman–Crippen MR) is 77.7 cm³/mol. The molecular weight excluding hydrogens is 314 g/mol. The van der Waals surface area contributed by atoms with Gasteiger partial charge in [-0.3, -0.25) is 0 Å². The lowest BCUT2D eigenvalue weighted by atomic mass is 10.0. The van der Waals surface area contributed by atoms with Crippen molar-refractivity contribution in [2.24, 2.45) is 4.99 Å². The highest BCUT2D eigenvalue weighted by molar-refractivity contribution is 9.10. The van der Waals surface area contributed by atoms with Gasteiger partial charge in [-0.2, -0.15) is 0 Å². The monoisotopic (exact) mass is 321 g/mol. The minimum absolute atomic E-state index is 0.662. The maximum absolute atomic E-state index is 6.18. The molecule has 0 saturated carbocycles. The molecule has 0 atom stereocenters. The number of rotatable bonds is 1. The number of anilines is 1. The number of nitrogen functional groups attached to an aromatic ring is 1. The van der Waals surface area contributed by atoms with E-state index in [1.165, 1.54) is 0 Å². The Kier molecular flexibility index (Phi) is 2.84. The molecule has 3 rings (SSSR count). The summed E-state index contributed by atoms with van der Waals surface area (Å²) < 4.78 is 0.955. The molecule has 1 aromatic heterocycles. The van der Waals surface area contributed by atoms with Crippen LogP contribution in [0, 0.1) is 0 Å². The molecule has 18 heavy (non-hydrogen) atoms. The van der Waals surface area contributed by atoms with Gasteiger partial charge in [0.1, 0.15) is 0 Å². The van der Waals surface area contributed by atoms with Crippen LogP contribution >= 0.6 is 27.5 Å². The van der Waals surface area contributed by atoms with Crippen molar-refractivity contribution in [1.29, 1.82) is 0 Å². The van der Waals surface area contributed by atoms with Crippen LogP contribution in [0.5, 0.6) is 0 Å². The molecule has 5 heteroatoms. The standard InChI is InChI=1S/C13H9BrClN3/c14-8-3-7-4-12(18-13(7)17-6-8)10-5-9(16)1-2-11(10)15/h1-3,5-6H,4,16H2. The van der Waals surface area contributed by atoms with E-state index in [-0.39, 0.29) is 0 Å². The van der Waals surface area contributed by atoms with Crippen molar-refractivity contribution in [2.75, 3.05) is 5.73 Å². The van der Waals surface area contributed by atoms with E-state index in [1.54, 1.807) is 18.3 Å². The van der Waals surface area contributed by atoms with Gasteiger partial charge in [0, 0.05) is 38.9 Å². The fourth-order valence-corrected chi connectivity index (χ4v) is 2.58. The fourth-order valence-electron chi connectivity index (χ4n) is 1.97. The normalized spacial score (nSPS) is 13.3. The quantitative estimate of drug-likeness (QED) is 0.813. The zero-order chi connectivity index (χ0) is 12.7. The highest BCUT2D eigenvalue weighted by Gasteiger charge is 2.19. The number of halogens is 2. The van der Waals surface area contributed by atoms with Gasteiger partial charge in [0.15, 0.2) is 5.82 Å². The Balaban J connectivity index is 2.05. The highest BCUT2D eigenvalue weighted by atomic mass is 79.9. The smallest absolute Gasteiger partial charge is 0.155 e. The third-order valence-corrected chi connectivity index (χ3v) is 3.57. The van der Waals surface area contributed by atoms with Crippen LogP contribution < -0.4 is 5.73 Å². The van der Waals surface area contributed by atoms with Crippen molar-refractivity contribution < 1.29 is 0 Å². The van der Waals surface area contributed by atoms with Crippen LogP contribution in [0.15, 0.2) is 39.9 Å². The van der Waals surface area contributed by atoms with Crippen molar-refractivity contribution in [1.82, 2.24) is 4.98 Å². The molecule has 0 fully saturated rings. The van der Waals surface area contributed by atoms with Gasteiger partial charge in [0.2, 0.25) is 0 Å². The Labute approximate surface area is 118 Å². The third kappa shape index (κ3) is 2.02. The van der Waals surface area contributed by atoms with Gasteiger partial charge in [-0.25, -0.2) is 9.98 Å². The Hall–Kier alpha value is -1.39. The van der Waals surface area contributed by atoms with Crippen molar-refractivity contribution in [3.63, 3.8) is 0 Å². The second kappa shape index (κ2) is 4.37. The Bertz CT molecular complexity index is 667. The number of aromatic nitrogens is 1. The maximum atomic E-state index is 6.18. The molecule has 1 aliphatic rings. The molecule has 3 nitrogen and oxygen atoms in total. The van der Waals surface area contributed by atoms with E-state index in [4.69, 9.17) is 17.3 Å². The Morgan fingerprint density at radius 3 is 2.94 bits per heavy atom. The number of hydrogen-bond acceptors (Lipinski definition) is 3. The van der Waals surface area contributed by atoms with Crippen molar-refractivity contribution in [3.8, 4) is 0 Å². The topological polar surface area (TPSA) is 51.3 Å². The van der Waals surface area contributed by atoms with Gasteiger partial charge in [-0.15, -0.1) is 0 Å². The van der Waals surface area contributed by atoms with Gasteiger partial charge in [-0.05, 0) is 40.2 Å². The summed E-state index contributed by atoms with van der Waals surface area (Å²) in [5.41, 5.74) is 9.36. The molecule has 0 spiro atoms. The molecule has 2 aromatic rings. The van der Waals surface area contributed by atoms with E-state index in [9.17, 15) is 0 Å². The summed E-state index contributed by atoms with van der Waals surface area (Å²) in [6.07, 6.45) is 2.47. The van der Waals surface area contributed by atoms with Gasteiger partial charge in [0.05, 0.1) is 5.71 Å². The van der Waals surface area contributed by atoms with E-state index < -0.39 is 0 Å². The molecule has 1 aromatic carbocycles. The van der Waals surface area contributed by atoms with E-state index in [0.29, 0.717) is 10.7 Å². The summed E-state index contributed by atoms with van der Waals surface area (Å²) in [6, 6.07) is 7.45. The van der Waals surface area contributed by atoms with Crippen LogP contribution in [-0.2, 0) is 6.42 Å². The average Bonchev–Trinajstić information content (AvgIpc) is 2.74. The first-order valence-electron chi connectivity index (χ1n) is 5.41. The van der Waals surface area contributed by atoms with Crippen LogP contribution in [0.4, 0.5) is 11.5 Å². The lowest BCUT2D eigenvalue weighted by Crippen LogP contribution is -2.02. The second-order valence-corrected chi connectivity index (χ2v) is 5.43. The van der Waals surface area contributed by atoms with Crippen molar-refractivity contribution >= 4 is 44.7 Å². The van der Waals surface area contributed by atoms with Crippen molar-refractivity contribution in [3.05, 3.63) is 51.1 Å². The highest BCUT2D eigenvalue weighted by Crippen LogP contribution is 2.31. The zero-order valence-corrected chi connectivity index (χ0v) is 11.7. The molecule has 0 unspecified atom stereocenters. The lowest BCUT2D eigenvalue weighted by Gasteiger charge is -2.04. The predicted octanol–water partition coefficient (Wildman–Crippen LogP) is 3.76. The van der Waals surface area contributed by atoms with Crippen LogP contribution in [0.2, 0.25) is 5.02 Å². The molecule has 0 bridgehead atoms. The van der Waals surface area contributed by atoms with Gasteiger partial charge in [-0.1, -0.05) is 11.6 Å². The summed E-state index contributed by atoms with van der Waals surface area (Å²) in [6.45, 7) is 0. The van der Waals surface area contributed by atoms with Crippen LogP contribution in [0.25, 0.3) is 0 Å². The number of fused-ring (bicyclic) bond motifs is 1. The second-order valence-electron chi connectivity index (χ2n) is 4.11. The minimum Gasteiger partial charge on any atom is -0.399 e. The number of benzene rings is 1. The number of pyridine rings is 1. The van der Waals surface area contributed by atoms with Gasteiger partial charge in [0.25, 0.3) is 0 Å². The molecule has 1 aliphatic heterocycles. The van der Waals surface area contributed by atoms with E-state index in [0.717, 1.165) is 33.5 Å². The molecule has 0 aliphatic carbocycles. The Morgan fingerprint density at radius 1 is 1.28 bits per heavy atom.